The monoisotopic (exact) mass is 185 g/mol. The average molecular weight is 185 g/mol. The van der Waals surface area contributed by atoms with Gasteiger partial charge in [-0.15, -0.1) is 0 Å². The van der Waals surface area contributed by atoms with E-state index in [1.54, 1.807) is 4.68 Å². The van der Waals surface area contributed by atoms with Gasteiger partial charge in [0.15, 0.2) is 0 Å². The molecule has 3 nitrogen and oxygen atoms in total. The van der Waals surface area contributed by atoms with Crippen LogP contribution in [0.25, 0.3) is 0 Å². The Hall–Kier alpha value is -0.900. The zero-order chi connectivity index (χ0) is 9.84. The van der Waals surface area contributed by atoms with Gasteiger partial charge >= 0.3 is 0 Å². The fraction of sp³-hybridized carbons (Fsp3) is 0.667. The second-order valence-corrected chi connectivity index (χ2v) is 3.28. The van der Waals surface area contributed by atoms with Crippen molar-refractivity contribution in [3.8, 4) is 0 Å². The zero-order valence-corrected chi connectivity index (χ0v) is 8.13. The predicted octanol–water partition coefficient (Wildman–Crippen LogP) is 0.958. The average Bonchev–Trinajstić information content (AvgIpc) is 2.30. The molecule has 74 valence electrons. The second-order valence-electron chi connectivity index (χ2n) is 3.28. The normalized spacial score (nSPS) is 13.2. The van der Waals surface area contributed by atoms with Crippen molar-refractivity contribution in [3.05, 3.63) is 17.5 Å². The number of nitrogens with zero attached hydrogens (tertiary/aromatic N) is 2. The molecule has 1 aromatic heterocycles. The summed E-state index contributed by atoms with van der Waals surface area (Å²) in [5.41, 5.74) is 7.12. The van der Waals surface area contributed by atoms with E-state index in [1.807, 2.05) is 20.0 Å². The summed E-state index contributed by atoms with van der Waals surface area (Å²) in [6.07, 6.45) is -0.0153. The molecule has 0 fully saturated rings. The van der Waals surface area contributed by atoms with Crippen molar-refractivity contribution in [2.45, 2.75) is 25.9 Å². The van der Waals surface area contributed by atoms with E-state index in [-0.39, 0.29) is 0 Å². The lowest BCUT2D eigenvalue weighted by Crippen LogP contribution is -2.13. The molecule has 0 spiro atoms. The summed E-state index contributed by atoms with van der Waals surface area (Å²) < 4.78 is 14.9. The minimum atomic E-state index is -0.847. The lowest BCUT2D eigenvalue weighted by atomic mass is 10.1. The van der Waals surface area contributed by atoms with Gasteiger partial charge in [-0.2, -0.15) is 5.10 Å². The van der Waals surface area contributed by atoms with Gasteiger partial charge in [-0.05, 0) is 26.0 Å². The topological polar surface area (TPSA) is 43.8 Å². The summed E-state index contributed by atoms with van der Waals surface area (Å²) >= 11 is 0. The number of aromatic nitrogens is 2. The maximum Gasteiger partial charge on any atom is 0.107 e. The first-order chi connectivity index (χ1) is 6.13. The predicted molar refractivity (Wildman–Crippen MR) is 50.2 cm³/mol. The first-order valence-electron chi connectivity index (χ1n) is 4.47. The van der Waals surface area contributed by atoms with E-state index in [4.69, 9.17) is 5.73 Å². The maximum atomic E-state index is 13.2. The van der Waals surface area contributed by atoms with Gasteiger partial charge in [0.2, 0.25) is 0 Å². The SMILES string of the molecule is Cc1cc(CC(F)CCN)n(C)n1. The maximum absolute atomic E-state index is 13.2. The van der Waals surface area contributed by atoms with E-state index in [9.17, 15) is 4.39 Å². The Morgan fingerprint density at radius 2 is 2.38 bits per heavy atom. The lowest BCUT2D eigenvalue weighted by molar-refractivity contribution is 0.311. The van der Waals surface area contributed by atoms with Crippen LogP contribution in [0, 0.1) is 6.92 Å². The highest BCUT2D eigenvalue weighted by molar-refractivity contribution is 5.09. The molecule has 0 amide bonds. The number of halogens is 1. The van der Waals surface area contributed by atoms with E-state index in [0.717, 1.165) is 11.4 Å². The molecule has 0 aliphatic heterocycles. The van der Waals surface area contributed by atoms with Crippen LogP contribution in [0.5, 0.6) is 0 Å². The fourth-order valence-corrected chi connectivity index (χ4v) is 1.37. The van der Waals surface area contributed by atoms with Crippen LogP contribution < -0.4 is 5.73 Å². The van der Waals surface area contributed by atoms with Crippen molar-refractivity contribution in [2.75, 3.05) is 6.54 Å². The van der Waals surface area contributed by atoms with E-state index >= 15 is 0 Å². The first kappa shape index (κ1) is 10.2. The van der Waals surface area contributed by atoms with Gasteiger partial charge in [-0.3, -0.25) is 4.68 Å². The Morgan fingerprint density at radius 3 is 2.85 bits per heavy atom. The minimum Gasteiger partial charge on any atom is -0.330 e. The van der Waals surface area contributed by atoms with Gasteiger partial charge in [0.1, 0.15) is 6.17 Å². The second kappa shape index (κ2) is 4.37. The van der Waals surface area contributed by atoms with E-state index < -0.39 is 6.17 Å². The van der Waals surface area contributed by atoms with E-state index in [2.05, 4.69) is 5.10 Å². The van der Waals surface area contributed by atoms with Gasteiger partial charge < -0.3 is 5.73 Å². The van der Waals surface area contributed by atoms with Crippen LogP contribution >= 0.6 is 0 Å². The number of rotatable bonds is 4. The number of aryl methyl sites for hydroxylation is 2. The fourth-order valence-electron chi connectivity index (χ4n) is 1.37. The summed E-state index contributed by atoms with van der Waals surface area (Å²) in [5, 5.41) is 4.14. The Kier molecular flexibility index (Phi) is 3.42. The Labute approximate surface area is 77.7 Å². The molecule has 0 aliphatic rings. The molecule has 1 unspecified atom stereocenters. The number of hydrogen-bond donors (Lipinski definition) is 1. The third kappa shape index (κ3) is 2.81. The molecule has 0 saturated heterocycles. The van der Waals surface area contributed by atoms with Crippen LogP contribution in [-0.4, -0.2) is 22.5 Å². The highest BCUT2D eigenvalue weighted by atomic mass is 19.1. The molecule has 0 bridgehead atoms. The highest BCUT2D eigenvalue weighted by Gasteiger charge is 2.10. The van der Waals surface area contributed by atoms with Crippen molar-refractivity contribution in [1.29, 1.82) is 0 Å². The van der Waals surface area contributed by atoms with Gasteiger partial charge in [0.05, 0.1) is 5.69 Å². The van der Waals surface area contributed by atoms with Crippen LogP contribution in [0.4, 0.5) is 4.39 Å². The summed E-state index contributed by atoms with van der Waals surface area (Å²) in [4.78, 5) is 0. The molecular formula is C9H16FN3. The molecule has 1 aromatic rings. The van der Waals surface area contributed by atoms with Gasteiger partial charge in [-0.1, -0.05) is 0 Å². The number of alkyl halides is 1. The molecule has 1 rings (SSSR count). The summed E-state index contributed by atoms with van der Waals surface area (Å²) in [6, 6.07) is 1.91. The van der Waals surface area contributed by atoms with Crippen LogP contribution in [0.15, 0.2) is 6.07 Å². The molecule has 4 heteroatoms. The quantitative estimate of drug-likeness (QED) is 0.759. The van der Waals surface area contributed by atoms with Crippen LogP contribution in [0.1, 0.15) is 17.8 Å². The van der Waals surface area contributed by atoms with E-state index in [0.29, 0.717) is 19.4 Å². The smallest absolute Gasteiger partial charge is 0.107 e. The Balaban J connectivity index is 2.57. The van der Waals surface area contributed by atoms with Gasteiger partial charge in [0.25, 0.3) is 0 Å². The van der Waals surface area contributed by atoms with Crippen LogP contribution in [-0.2, 0) is 13.5 Å². The lowest BCUT2D eigenvalue weighted by Gasteiger charge is -2.05. The van der Waals surface area contributed by atoms with Gasteiger partial charge in [-0.25, -0.2) is 4.39 Å². The van der Waals surface area contributed by atoms with Crippen molar-refractivity contribution < 1.29 is 4.39 Å². The molecule has 0 aromatic carbocycles. The molecule has 0 radical (unpaired) electrons. The number of nitrogens with two attached hydrogens (primary N) is 1. The van der Waals surface area contributed by atoms with Crippen molar-refractivity contribution in [3.63, 3.8) is 0 Å². The largest absolute Gasteiger partial charge is 0.330 e. The Morgan fingerprint density at radius 1 is 1.69 bits per heavy atom. The standard InChI is InChI=1S/C9H16FN3/c1-7-5-9(13(2)12-7)6-8(10)3-4-11/h5,8H,3-4,6,11H2,1-2H3. The summed E-state index contributed by atoms with van der Waals surface area (Å²) in [6.45, 7) is 2.30. The highest BCUT2D eigenvalue weighted by Crippen LogP contribution is 2.09. The number of hydrogen-bond acceptors (Lipinski definition) is 2. The van der Waals surface area contributed by atoms with Crippen molar-refractivity contribution in [2.24, 2.45) is 12.8 Å². The van der Waals surface area contributed by atoms with Crippen LogP contribution in [0.3, 0.4) is 0 Å². The molecular weight excluding hydrogens is 169 g/mol. The summed E-state index contributed by atoms with van der Waals surface area (Å²) in [5.74, 6) is 0. The van der Waals surface area contributed by atoms with Crippen molar-refractivity contribution in [1.82, 2.24) is 9.78 Å². The van der Waals surface area contributed by atoms with E-state index in [1.165, 1.54) is 0 Å². The molecule has 0 saturated carbocycles. The third-order valence-electron chi connectivity index (χ3n) is 2.01. The first-order valence-corrected chi connectivity index (χ1v) is 4.47. The molecule has 1 heterocycles. The zero-order valence-electron chi connectivity index (χ0n) is 8.13. The third-order valence-corrected chi connectivity index (χ3v) is 2.01. The molecule has 2 N–H and O–H groups in total. The molecule has 0 aliphatic carbocycles. The summed E-state index contributed by atoms with van der Waals surface area (Å²) in [7, 11) is 1.83. The minimum absolute atomic E-state index is 0.401. The Bertz CT molecular complexity index is 270. The van der Waals surface area contributed by atoms with Gasteiger partial charge in [0, 0.05) is 19.2 Å². The van der Waals surface area contributed by atoms with Crippen LogP contribution in [0.2, 0.25) is 0 Å². The molecule has 1 atom stereocenters. The molecule has 13 heavy (non-hydrogen) atoms. The van der Waals surface area contributed by atoms with Crippen molar-refractivity contribution >= 4 is 0 Å².